The average molecular weight is 355 g/mol. The van der Waals surface area contributed by atoms with E-state index in [1.165, 1.54) is 12.1 Å². The van der Waals surface area contributed by atoms with Crippen molar-refractivity contribution in [2.75, 3.05) is 13.3 Å². The Kier molecular flexibility index (Phi) is 5.00. The molecule has 0 radical (unpaired) electrons. The fraction of sp³-hybridized carbons (Fsp3) is 0.294. The van der Waals surface area contributed by atoms with Crippen molar-refractivity contribution in [2.24, 2.45) is 0 Å². The topological polar surface area (TPSA) is 60.0 Å². The zero-order valence-electron chi connectivity index (χ0n) is 13.0. The van der Waals surface area contributed by atoms with Gasteiger partial charge in [-0.05, 0) is 35.9 Å². The molecule has 1 unspecified atom stereocenters. The third-order valence-electron chi connectivity index (χ3n) is 3.52. The van der Waals surface area contributed by atoms with Gasteiger partial charge in [-0.2, -0.15) is 13.2 Å². The third kappa shape index (κ3) is 4.55. The molecule has 2 aromatic rings. The monoisotopic (exact) mass is 355 g/mol. The van der Waals surface area contributed by atoms with Crippen molar-refractivity contribution < 1.29 is 32.5 Å². The smallest absolute Gasteiger partial charge is 0.416 e. The van der Waals surface area contributed by atoms with Gasteiger partial charge in [-0.15, -0.1) is 0 Å². The maximum Gasteiger partial charge on any atom is 0.416 e. The van der Waals surface area contributed by atoms with Crippen molar-refractivity contribution in [3.05, 3.63) is 53.6 Å². The number of benzene rings is 2. The van der Waals surface area contributed by atoms with Crippen LogP contribution in [0.25, 0.3) is 0 Å². The summed E-state index contributed by atoms with van der Waals surface area (Å²) in [7, 11) is 0. The number of halogens is 3. The lowest BCUT2D eigenvalue weighted by atomic mass is 10.2. The van der Waals surface area contributed by atoms with E-state index in [1.54, 1.807) is 6.07 Å². The number of alkyl halides is 3. The van der Waals surface area contributed by atoms with E-state index in [1.807, 2.05) is 12.1 Å². The number of nitrogens with one attached hydrogen (secondary N) is 1. The number of aliphatic hydroxyl groups excluding tert-OH is 1. The van der Waals surface area contributed by atoms with Crippen LogP contribution in [0.4, 0.5) is 13.2 Å². The maximum atomic E-state index is 12.6. The fourth-order valence-corrected chi connectivity index (χ4v) is 2.34. The molecule has 25 heavy (non-hydrogen) atoms. The van der Waals surface area contributed by atoms with E-state index in [9.17, 15) is 18.3 Å². The van der Waals surface area contributed by atoms with Gasteiger partial charge >= 0.3 is 6.18 Å². The van der Waals surface area contributed by atoms with Crippen LogP contribution in [-0.2, 0) is 12.7 Å². The molecule has 0 fully saturated rings. The Balaban J connectivity index is 1.49. The molecule has 1 aliphatic heterocycles. The fourth-order valence-electron chi connectivity index (χ4n) is 2.34. The molecule has 0 aliphatic carbocycles. The van der Waals surface area contributed by atoms with E-state index >= 15 is 0 Å². The van der Waals surface area contributed by atoms with Gasteiger partial charge in [0.1, 0.15) is 5.75 Å². The van der Waals surface area contributed by atoms with E-state index in [0.29, 0.717) is 18.0 Å². The summed E-state index contributed by atoms with van der Waals surface area (Å²) in [6, 6.07) is 9.82. The molecular formula is C17H16F3NO4. The van der Waals surface area contributed by atoms with Crippen molar-refractivity contribution in [3.8, 4) is 17.2 Å². The molecule has 2 aromatic carbocycles. The predicted molar refractivity (Wildman–Crippen MR) is 82.4 cm³/mol. The maximum absolute atomic E-state index is 12.6. The Hall–Kier alpha value is -2.45. The van der Waals surface area contributed by atoms with Crippen LogP contribution in [0.2, 0.25) is 0 Å². The molecule has 1 heterocycles. The van der Waals surface area contributed by atoms with Crippen molar-refractivity contribution >= 4 is 0 Å². The summed E-state index contributed by atoms with van der Waals surface area (Å²) in [6.07, 6.45) is -5.74. The van der Waals surface area contributed by atoms with E-state index < -0.39 is 18.0 Å². The molecule has 1 atom stereocenters. The molecular weight excluding hydrogens is 339 g/mol. The molecule has 1 aliphatic rings. The van der Waals surface area contributed by atoms with Gasteiger partial charge in [-0.1, -0.05) is 12.1 Å². The number of rotatable bonds is 6. The lowest BCUT2D eigenvalue weighted by molar-refractivity contribution is -0.137. The highest BCUT2D eigenvalue weighted by atomic mass is 19.4. The summed E-state index contributed by atoms with van der Waals surface area (Å²) in [5.74, 6) is 1.28. The molecule has 5 nitrogen and oxygen atoms in total. The van der Waals surface area contributed by atoms with Gasteiger partial charge in [0.2, 0.25) is 13.1 Å². The van der Waals surface area contributed by atoms with Crippen molar-refractivity contribution in [1.29, 1.82) is 0 Å². The minimum atomic E-state index is -4.46. The normalized spacial score (nSPS) is 14.4. The summed E-state index contributed by atoms with van der Waals surface area (Å²) in [4.78, 5) is 0. The van der Waals surface area contributed by atoms with Crippen LogP contribution in [0.5, 0.6) is 17.2 Å². The van der Waals surface area contributed by atoms with Gasteiger partial charge in [0.15, 0.2) is 11.5 Å². The van der Waals surface area contributed by atoms with Gasteiger partial charge in [-0.3, -0.25) is 0 Å². The highest BCUT2D eigenvalue weighted by molar-refractivity contribution is 5.44. The van der Waals surface area contributed by atoms with Crippen LogP contribution in [0.15, 0.2) is 42.5 Å². The second kappa shape index (κ2) is 7.20. The Bertz CT molecular complexity index is 736. The zero-order chi connectivity index (χ0) is 17.9. The number of fused-ring (bicyclic) bond motifs is 1. The van der Waals surface area contributed by atoms with Gasteiger partial charge < -0.3 is 24.6 Å². The molecule has 8 heteroatoms. The van der Waals surface area contributed by atoms with Gasteiger partial charge in [0.05, 0.1) is 12.1 Å². The number of aliphatic hydroxyl groups is 1. The van der Waals surface area contributed by atoms with Crippen LogP contribution < -0.4 is 19.5 Å². The minimum absolute atomic E-state index is 0.0463. The molecule has 2 N–H and O–H groups in total. The summed E-state index contributed by atoms with van der Waals surface area (Å²) in [5, 5.41) is 12.8. The third-order valence-corrected chi connectivity index (χ3v) is 3.52. The van der Waals surface area contributed by atoms with Crippen LogP contribution in [0.3, 0.4) is 0 Å². The van der Waals surface area contributed by atoms with E-state index in [4.69, 9.17) is 14.2 Å². The lowest BCUT2D eigenvalue weighted by Crippen LogP contribution is -2.30. The quantitative estimate of drug-likeness (QED) is 0.781. The van der Waals surface area contributed by atoms with Crippen LogP contribution in [0, 0.1) is 0 Å². The SMILES string of the molecule is OC(CNCc1ccc2c(c1)OCO2)Oc1cccc(C(F)(F)F)c1. The first-order valence-electron chi connectivity index (χ1n) is 7.53. The summed E-state index contributed by atoms with van der Waals surface area (Å²) in [6.45, 7) is 0.667. The Morgan fingerprint density at radius 2 is 1.92 bits per heavy atom. The molecule has 3 rings (SSSR count). The molecule has 0 amide bonds. The first-order chi connectivity index (χ1) is 11.9. The van der Waals surface area contributed by atoms with Crippen molar-refractivity contribution in [3.63, 3.8) is 0 Å². The Labute approximate surface area is 141 Å². The van der Waals surface area contributed by atoms with Crippen LogP contribution in [0.1, 0.15) is 11.1 Å². The Morgan fingerprint density at radius 3 is 2.72 bits per heavy atom. The molecule has 0 bridgehead atoms. The largest absolute Gasteiger partial charge is 0.464 e. The Morgan fingerprint density at radius 1 is 1.12 bits per heavy atom. The predicted octanol–water partition coefficient (Wildman–Crippen LogP) is 2.92. The van der Waals surface area contributed by atoms with Crippen molar-refractivity contribution in [2.45, 2.75) is 19.0 Å². The van der Waals surface area contributed by atoms with Crippen LogP contribution in [-0.4, -0.2) is 24.7 Å². The summed E-state index contributed by atoms with van der Waals surface area (Å²) >= 11 is 0. The van der Waals surface area contributed by atoms with Gasteiger partial charge in [-0.25, -0.2) is 0 Å². The lowest BCUT2D eigenvalue weighted by Gasteiger charge is -2.15. The molecule has 0 saturated heterocycles. The van der Waals surface area contributed by atoms with Crippen molar-refractivity contribution in [1.82, 2.24) is 5.32 Å². The first kappa shape index (κ1) is 17.4. The minimum Gasteiger partial charge on any atom is -0.464 e. The highest BCUT2D eigenvalue weighted by Gasteiger charge is 2.30. The number of hydrogen-bond acceptors (Lipinski definition) is 5. The summed E-state index contributed by atoms with van der Waals surface area (Å²) in [5.41, 5.74) is 0.0843. The average Bonchev–Trinajstić information content (AvgIpc) is 3.02. The van der Waals surface area contributed by atoms with Gasteiger partial charge in [0.25, 0.3) is 0 Å². The first-order valence-corrected chi connectivity index (χ1v) is 7.53. The number of ether oxygens (including phenoxy) is 3. The molecule has 0 spiro atoms. The molecule has 0 saturated carbocycles. The number of hydrogen-bond donors (Lipinski definition) is 2. The van der Waals surface area contributed by atoms with E-state index in [2.05, 4.69) is 5.32 Å². The molecule has 134 valence electrons. The second-order valence-electron chi connectivity index (χ2n) is 5.42. The van der Waals surface area contributed by atoms with Gasteiger partial charge in [0, 0.05) is 6.54 Å². The molecule has 0 aromatic heterocycles. The standard InChI is InChI=1S/C17H16F3NO4/c18-17(19,20)12-2-1-3-13(7-12)25-16(22)9-21-8-11-4-5-14-15(6-11)24-10-23-14/h1-7,16,21-22H,8-10H2. The second-order valence-corrected chi connectivity index (χ2v) is 5.42. The highest BCUT2D eigenvalue weighted by Crippen LogP contribution is 2.33. The summed E-state index contributed by atoms with van der Waals surface area (Å²) < 4.78 is 53.5. The zero-order valence-corrected chi connectivity index (χ0v) is 13.0. The van der Waals surface area contributed by atoms with E-state index in [0.717, 1.165) is 17.7 Å². The van der Waals surface area contributed by atoms with Crippen LogP contribution >= 0.6 is 0 Å². The van der Waals surface area contributed by atoms with E-state index in [-0.39, 0.29) is 19.1 Å².